The first kappa shape index (κ1) is 42.0. The minimum Gasteiger partial charge on any atom is -0.289 e. The Labute approximate surface area is 304 Å². The summed E-state index contributed by atoms with van der Waals surface area (Å²) in [5, 5.41) is 0. The van der Waals surface area contributed by atoms with Gasteiger partial charge in [0.25, 0.3) is 0 Å². The van der Waals surface area contributed by atoms with Crippen molar-refractivity contribution in [2.24, 2.45) is 0 Å². The van der Waals surface area contributed by atoms with Gasteiger partial charge in [0.15, 0.2) is 5.78 Å². The third-order valence-corrected chi connectivity index (χ3v) is 10.1. The summed E-state index contributed by atoms with van der Waals surface area (Å²) in [6.45, 7) is 17.8. The Kier molecular flexibility index (Phi) is 19.9. The molecule has 0 saturated heterocycles. The van der Waals surface area contributed by atoms with Gasteiger partial charge in [0.05, 0.1) is 4.91 Å². The van der Waals surface area contributed by atoms with Crippen LogP contribution in [0.4, 0.5) is 0 Å². The van der Waals surface area contributed by atoms with Crippen LogP contribution in [0.1, 0.15) is 160 Å². The van der Waals surface area contributed by atoms with Crippen LogP contribution >= 0.6 is 11.8 Å². The average Bonchev–Trinajstić information content (AvgIpc) is 3.05. The van der Waals surface area contributed by atoms with Crippen LogP contribution in [0.3, 0.4) is 0 Å². The Morgan fingerprint density at radius 1 is 0.490 bits per heavy atom. The van der Waals surface area contributed by atoms with Crippen LogP contribution in [-0.4, -0.2) is 17.8 Å². The molecule has 0 aromatic heterocycles. The first-order valence-corrected chi connectivity index (χ1v) is 19.7. The van der Waals surface area contributed by atoms with Crippen molar-refractivity contribution < 1.29 is 9.59 Å². The molecule has 2 nitrogen and oxygen atoms in total. The summed E-state index contributed by atoms with van der Waals surface area (Å²) in [4.78, 5) is 26.7. The molecule has 1 aliphatic carbocycles. The summed E-state index contributed by atoms with van der Waals surface area (Å²) >= 11 is 1.38. The first-order chi connectivity index (χ1) is 23.4. The molecular weight excluding hydrogens is 617 g/mol. The summed E-state index contributed by atoms with van der Waals surface area (Å²) in [7, 11) is 0. The highest BCUT2D eigenvalue weighted by molar-refractivity contribution is 8.03. The maximum atomic E-state index is 13.1. The van der Waals surface area contributed by atoms with Crippen molar-refractivity contribution in [1.29, 1.82) is 0 Å². The van der Waals surface area contributed by atoms with Gasteiger partial charge in [-0.25, -0.2) is 0 Å². The Morgan fingerprint density at radius 2 is 0.816 bits per heavy atom. The number of allylic oxidation sites excluding steroid dienone is 16. The van der Waals surface area contributed by atoms with E-state index < -0.39 is 0 Å². The molecule has 0 unspecified atom stereocenters. The van der Waals surface area contributed by atoms with E-state index in [4.69, 9.17) is 0 Å². The topological polar surface area (TPSA) is 34.1 Å². The molecule has 0 radical (unpaired) electrons. The zero-order valence-corrected chi connectivity index (χ0v) is 33.1. The molecule has 49 heavy (non-hydrogen) atoms. The number of benzene rings is 1. The van der Waals surface area contributed by atoms with Crippen LogP contribution in [0, 0.1) is 0 Å². The van der Waals surface area contributed by atoms with Crippen molar-refractivity contribution in [3.63, 3.8) is 0 Å². The molecule has 0 spiro atoms. The fourth-order valence-electron chi connectivity index (χ4n) is 6.01. The Bertz CT molecular complexity index is 1510. The predicted octanol–water partition coefficient (Wildman–Crippen LogP) is 14.4. The summed E-state index contributed by atoms with van der Waals surface area (Å²) in [6.07, 6.45) is 32.2. The maximum Gasteiger partial charge on any atom is 0.200 e. The van der Waals surface area contributed by atoms with Crippen molar-refractivity contribution in [1.82, 2.24) is 0 Å². The monoisotopic (exact) mass is 680 g/mol. The largest absolute Gasteiger partial charge is 0.289 e. The maximum absolute atomic E-state index is 13.1. The Hall–Kier alpha value is -3.17. The number of rotatable bonds is 21. The third-order valence-electron chi connectivity index (χ3n) is 9.28. The highest BCUT2D eigenvalue weighted by atomic mass is 32.2. The van der Waals surface area contributed by atoms with Gasteiger partial charge in [-0.15, -0.1) is 11.8 Å². The van der Waals surface area contributed by atoms with Crippen molar-refractivity contribution in [3.8, 4) is 0 Å². The van der Waals surface area contributed by atoms with Crippen LogP contribution in [0.15, 0.2) is 116 Å². The van der Waals surface area contributed by atoms with Crippen LogP contribution in [0.2, 0.25) is 0 Å². The molecule has 0 amide bonds. The highest BCUT2D eigenvalue weighted by Crippen LogP contribution is 2.33. The summed E-state index contributed by atoms with van der Waals surface area (Å²) < 4.78 is 0. The fraction of sp³-hybridized carbons (Fsp3) is 0.478. The summed E-state index contributed by atoms with van der Waals surface area (Å²) in [5.74, 6) is -0.0364. The third kappa shape index (κ3) is 16.4. The van der Waals surface area contributed by atoms with Crippen molar-refractivity contribution >= 4 is 23.3 Å². The van der Waals surface area contributed by atoms with Gasteiger partial charge in [-0.3, -0.25) is 9.59 Å². The van der Waals surface area contributed by atoms with E-state index in [1.165, 1.54) is 63.6 Å². The van der Waals surface area contributed by atoms with Gasteiger partial charge in [-0.05, 0) is 145 Å². The molecule has 0 atom stereocenters. The minimum atomic E-state index is -0.0251. The second kappa shape index (κ2) is 23.3. The van der Waals surface area contributed by atoms with Crippen molar-refractivity contribution in [3.05, 3.63) is 127 Å². The van der Waals surface area contributed by atoms with Gasteiger partial charge in [0, 0.05) is 16.7 Å². The van der Waals surface area contributed by atoms with E-state index in [9.17, 15) is 9.59 Å². The SMILES string of the molecule is CSC1=C(C/C=C(\C)CC/C=C(\C)CC/C=C(\C)CC/C=C(\C)CC/C=C(\C)CC/C=C(\C)CCC=C(C)C)C(=O)c2ccccc2C1=O. The van der Waals surface area contributed by atoms with Gasteiger partial charge in [-0.1, -0.05) is 106 Å². The molecule has 1 aromatic carbocycles. The van der Waals surface area contributed by atoms with Gasteiger partial charge in [0.2, 0.25) is 5.78 Å². The number of ketones is 2. The number of hydrogen-bond donors (Lipinski definition) is 0. The number of fused-ring (bicyclic) bond motifs is 1. The van der Waals surface area contributed by atoms with E-state index in [1.54, 1.807) is 12.1 Å². The molecule has 2 rings (SSSR count). The minimum absolute atomic E-state index is 0.0112. The van der Waals surface area contributed by atoms with E-state index in [0.717, 1.165) is 64.2 Å². The second-order valence-electron chi connectivity index (χ2n) is 14.2. The number of carbonyl (C=O) groups is 2. The standard InChI is InChI=1S/C46H64O2S/c1-34(2)18-12-19-35(3)20-13-21-36(4)22-14-23-37(5)24-15-25-38(6)26-16-27-39(7)28-17-29-40(8)32-33-43-44(47)41-30-10-11-31-42(41)45(48)46(43)49-9/h10-11,18,20,22,24,26,28,30-32H,12-17,19,21,23,25,27,29,33H2,1-9H3/b35-20+,36-22+,37-24+,38-26+,39-28+,40-32+. The van der Waals surface area contributed by atoms with Crippen LogP contribution in [0.5, 0.6) is 0 Å². The number of thioether (sulfide) groups is 1. The van der Waals surface area contributed by atoms with E-state index in [-0.39, 0.29) is 11.6 Å². The molecule has 0 heterocycles. The summed E-state index contributed by atoms with van der Waals surface area (Å²) in [5.41, 5.74) is 11.8. The van der Waals surface area contributed by atoms with Gasteiger partial charge >= 0.3 is 0 Å². The molecule has 1 aromatic rings. The Balaban J connectivity index is 1.68. The Morgan fingerprint density at radius 3 is 1.16 bits per heavy atom. The van der Waals surface area contributed by atoms with Crippen LogP contribution in [0.25, 0.3) is 0 Å². The molecular formula is C46H64O2S. The van der Waals surface area contributed by atoms with Crippen molar-refractivity contribution in [2.45, 2.75) is 139 Å². The van der Waals surface area contributed by atoms with E-state index in [1.807, 2.05) is 18.4 Å². The fourth-order valence-corrected chi connectivity index (χ4v) is 6.73. The van der Waals surface area contributed by atoms with E-state index in [2.05, 4.69) is 97.9 Å². The number of Topliss-reactive ketones (excluding diaryl/α,β-unsaturated/α-hetero) is 2. The van der Waals surface area contributed by atoms with Gasteiger partial charge in [-0.2, -0.15) is 0 Å². The second-order valence-corrected chi connectivity index (χ2v) is 15.1. The molecule has 3 heteroatoms. The van der Waals surface area contributed by atoms with Crippen LogP contribution < -0.4 is 0 Å². The highest BCUT2D eigenvalue weighted by Gasteiger charge is 2.30. The molecule has 0 fully saturated rings. The quantitative estimate of drug-likeness (QED) is 0.121. The summed E-state index contributed by atoms with van der Waals surface area (Å²) in [6, 6.07) is 7.17. The molecule has 0 bridgehead atoms. The van der Waals surface area contributed by atoms with Gasteiger partial charge in [0.1, 0.15) is 0 Å². The van der Waals surface area contributed by atoms with E-state index >= 15 is 0 Å². The lowest BCUT2D eigenvalue weighted by Crippen LogP contribution is -2.20. The zero-order valence-electron chi connectivity index (χ0n) is 32.3. The zero-order chi connectivity index (χ0) is 36.2. The van der Waals surface area contributed by atoms with Crippen molar-refractivity contribution in [2.75, 3.05) is 6.26 Å². The lowest BCUT2D eigenvalue weighted by atomic mass is 9.87. The average molecular weight is 681 g/mol. The van der Waals surface area contributed by atoms with E-state index in [0.29, 0.717) is 28.0 Å². The smallest absolute Gasteiger partial charge is 0.200 e. The molecule has 0 saturated carbocycles. The lowest BCUT2D eigenvalue weighted by Gasteiger charge is -2.19. The molecule has 266 valence electrons. The van der Waals surface area contributed by atoms with Crippen LogP contribution in [-0.2, 0) is 0 Å². The number of carbonyl (C=O) groups excluding carboxylic acids is 2. The normalized spacial score (nSPS) is 15.3. The molecule has 1 aliphatic rings. The molecule has 0 N–H and O–H groups in total. The predicted molar refractivity (Wildman–Crippen MR) is 218 cm³/mol. The first-order valence-electron chi connectivity index (χ1n) is 18.5. The number of hydrogen-bond acceptors (Lipinski definition) is 3. The lowest BCUT2D eigenvalue weighted by molar-refractivity contribution is 0.0980. The molecule has 0 aliphatic heterocycles. The van der Waals surface area contributed by atoms with Gasteiger partial charge < -0.3 is 0 Å².